The fourth-order valence-electron chi connectivity index (χ4n) is 3.96. The number of piperazine rings is 1. The van der Waals surface area contributed by atoms with Crippen molar-refractivity contribution in [1.29, 1.82) is 0 Å². The average molecular weight is 269 g/mol. The van der Waals surface area contributed by atoms with Crippen molar-refractivity contribution in [1.82, 2.24) is 9.80 Å². The number of hydrogen-bond acceptors (Lipinski definition) is 4. The molecule has 18 heavy (non-hydrogen) atoms. The molecule has 0 bridgehead atoms. The van der Waals surface area contributed by atoms with Crippen molar-refractivity contribution in [2.45, 2.75) is 43.7 Å². The van der Waals surface area contributed by atoms with Crippen molar-refractivity contribution in [3.63, 3.8) is 0 Å². The summed E-state index contributed by atoms with van der Waals surface area (Å²) in [6, 6.07) is 0.822. The predicted molar refractivity (Wildman–Crippen MR) is 79.1 cm³/mol. The lowest BCUT2D eigenvalue weighted by Gasteiger charge is -2.52. The third-order valence-corrected chi connectivity index (χ3v) is 6.51. The quantitative estimate of drug-likeness (QED) is 0.821. The van der Waals surface area contributed by atoms with Gasteiger partial charge in [-0.15, -0.1) is 0 Å². The van der Waals surface area contributed by atoms with Crippen molar-refractivity contribution in [2.75, 3.05) is 44.2 Å². The lowest BCUT2D eigenvalue weighted by atomic mass is 9.89. The van der Waals surface area contributed by atoms with Crippen LogP contribution in [0.3, 0.4) is 0 Å². The minimum absolute atomic E-state index is 0.326. The monoisotopic (exact) mass is 269 g/mol. The Hall–Kier alpha value is 0.230. The van der Waals surface area contributed by atoms with E-state index in [1.807, 2.05) is 0 Å². The Morgan fingerprint density at radius 2 is 2.11 bits per heavy atom. The van der Waals surface area contributed by atoms with Crippen LogP contribution in [0.5, 0.6) is 0 Å². The zero-order valence-corrected chi connectivity index (χ0v) is 12.3. The summed E-state index contributed by atoms with van der Waals surface area (Å²) in [7, 11) is 0. The fourth-order valence-corrected chi connectivity index (χ4v) is 5.28. The molecule has 104 valence electrons. The summed E-state index contributed by atoms with van der Waals surface area (Å²) in [5.41, 5.74) is 6.49. The molecule has 0 aromatic carbocycles. The maximum atomic E-state index is 6.17. The fraction of sp³-hybridized carbons (Fsp3) is 1.00. The minimum Gasteiger partial charge on any atom is -0.329 e. The van der Waals surface area contributed by atoms with E-state index in [1.54, 1.807) is 0 Å². The van der Waals surface area contributed by atoms with Gasteiger partial charge in [-0.25, -0.2) is 0 Å². The number of piperidine rings is 1. The van der Waals surface area contributed by atoms with E-state index in [4.69, 9.17) is 5.73 Å². The van der Waals surface area contributed by atoms with E-state index in [0.29, 0.717) is 5.54 Å². The maximum Gasteiger partial charge on any atom is 0.0423 e. The molecule has 3 aliphatic heterocycles. The molecule has 3 fully saturated rings. The van der Waals surface area contributed by atoms with Gasteiger partial charge in [-0.1, -0.05) is 6.42 Å². The summed E-state index contributed by atoms with van der Waals surface area (Å²) in [4.78, 5) is 5.48. The zero-order chi connectivity index (χ0) is 12.4. The van der Waals surface area contributed by atoms with Crippen LogP contribution in [-0.2, 0) is 0 Å². The minimum atomic E-state index is 0.326. The molecule has 2 N–H and O–H groups in total. The Balaban J connectivity index is 1.68. The molecule has 0 radical (unpaired) electrons. The lowest BCUT2D eigenvalue weighted by Crippen LogP contribution is -2.65. The second-order valence-electron chi connectivity index (χ2n) is 6.22. The van der Waals surface area contributed by atoms with Gasteiger partial charge in [-0.3, -0.25) is 9.80 Å². The number of hydrogen-bond donors (Lipinski definition) is 1. The lowest BCUT2D eigenvalue weighted by molar-refractivity contribution is -0.00661. The first-order valence-corrected chi connectivity index (χ1v) is 8.76. The number of nitrogens with two attached hydrogens (primary N) is 1. The Bertz CT molecular complexity index is 278. The molecule has 0 aromatic heterocycles. The van der Waals surface area contributed by atoms with Crippen LogP contribution in [-0.4, -0.2) is 65.6 Å². The molecule has 0 aromatic rings. The molecule has 0 amide bonds. The van der Waals surface area contributed by atoms with E-state index in [1.165, 1.54) is 69.8 Å². The molecule has 3 heterocycles. The third-order valence-electron chi connectivity index (χ3n) is 5.19. The molecular weight excluding hydrogens is 242 g/mol. The Morgan fingerprint density at radius 1 is 1.17 bits per heavy atom. The number of fused-ring (bicyclic) bond motifs is 1. The normalized spacial score (nSPS) is 39.5. The van der Waals surface area contributed by atoms with Gasteiger partial charge in [0.05, 0.1) is 0 Å². The molecule has 0 aliphatic carbocycles. The van der Waals surface area contributed by atoms with E-state index in [-0.39, 0.29) is 0 Å². The number of rotatable bonds is 2. The second-order valence-corrected chi connectivity index (χ2v) is 7.32. The van der Waals surface area contributed by atoms with E-state index in [0.717, 1.165) is 12.6 Å². The Kier molecular flexibility index (Phi) is 4.18. The van der Waals surface area contributed by atoms with Gasteiger partial charge in [0.15, 0.2) is 0 Å². The molecule has 3 saturated heterocycles. The van der Waals surface area contributed by atoms with Gasteiger partial charge >= 0.3 is 0 Å². The molecule has 0 spiro atoms. The topological polar surface area (TPSA) is 32.5 Å². The van der Waals surface area contributed by atoms with Crippen LogP contribution in [0, 0.1) is 0 Å². The largest absolute Gasteiger partial charge is 0.329 e. The summed E-state index contributed by atoms with van der Waals surface area (Å²) in [6.07, 6.45) is 6.92. The first kappa shape index (κ1) is 13.2. The van der Waals surface area contributed by atoms with E-state index < -0.39 is 0 Å². The summed E-state index contributed by atoms with van der Waals surface area (Å²) < 4.78 is 0. The van der Waals surface area contributed by atoms with Gasteiger partial charge in [-0.2, -0.15) is 11.8 Å². The summed E-state index contributed by atoms with van der Waals surface area (Å²) in [6.45, 7) is 5.98. The standard InChI is InChI=1S/C14H27N3S/c15-11-14(5-3-9-18-12-14)17-8-7-16-6-2-1-4-13(16)10-17/h13H,1-12,15H2. The van der Waals surface area contributed by atoms with Gasteiger partial charge in [0, 0.05) is 43.5 Å². The van der Waals surface area contributed by atoms with Gasteiger partial charge in [0.1, 0.15) is 0 Å². The van der Waals surface area contributed by atoms with Crippen LogP contribution in [0.25, 0.3) is 0 Å². The zero-order valence-electron chi connectivity index (χ0n) is 11.4. The van der Waals surface area contributed by atoms with Gasteiger partial charge in [0.2, 0.25) is 0 Å². The van der Waals surface area contributed by atoms with Crippen LogP contribution in [0.4, 0.5) is 0 Å². The van der Waals surface area contributed by atoms with Crippen molar-refractivity contribution < 1.29 is 0 Å². The number of nitrogens with zero attached hydrogens (tertiary/aromatic N) is 2. The highest BCUT2D eigenvalue weighted by molar-refractivity contribution is 7.99. The summed E-state index contributed by atoms with van der Waals surface area (Å²) >= 11 is 2.11. The van der Waals surface area contributed by atoms with Crippen LogP contribution in [0.1, 0.15) is 32.1 Å². The maximum absolute atomic E-state index is 6.17. The molecule has 2 atom stereocenters. The van der Waals surface area contributed by atoms with Crippen LogP contribution in [0.15, 0.2) is 0 Å². The van der Waals surface area contributed by atoms with Crippen LogP contribution in [0.2, 0.25) is 0 Å². The van der Waals surface area contributed by atoms with Gasteiger partial charge in [-0.05, 0) is 38.0 Å². The van der Waals surface area contributed by atoms with E-state index in [9.17, 15) is 0 Å². The van der Waals surface area contributed by atoms with Crippen LogP contribution < -0.4 is 5.73 Å². The van der Waals surface area contributed by atoms with Gasteiger partial charge in [0.25, 0.3) is 0 Å². The predicted octanol–water partition coefficient (Wildman–Crippen LogP) is 1.38. The molecule has 4 heteroatoms. The second kappa shape index (κ2) is 5.70. The molecule has 3 nitrogen and oxygen atoms in total. The molecule has 2 unspecified atom stereocenters. The Labute approximate surface area is 115 Å². The molecule has 0 saturated carbocycles. The van der Waals surface area contributed by atoms with Crippen LogP contribution >= 0.6 is 11.8 Å². The first-order chi connectivity index (χ1) is 8.84. The van der Waals surface area contributed by atoms with Crippen molar-refractivity contribution in [3.05, 3.63) is 0 Å². The Morgan fingerprint density at radius 3 is 2.89 bits per heavy atom. The smallest absolute Gasteiger partial charge is 0.0423 e. The summed E-state index contributed by atoms with van der Waals surface area (Å²) in [5, 5.41) is 0. The van der Waals surface area contributed by atoms with E-state index in [2.05, 4.69) is 21.6 Å². The first-order valence-electron chi connectivity index (χ1n) is 7.61. The highest BCUT2D eigenvalue weighted by atomic mass is 32.2. The highest BCUT2D eigenvalue weighted by Crippen LogP contribution is 2.34. The molecular formula is C14H27N3S. The number of thioether (sulfide) groups is 1. The van der Waals surface area contributed by atoms with Crippen molar-refractivity contribution >= 4 is 11.8 Å². The molecule has 3 rings (SSSR count). The van der Waals surface area contributed by atoms with E-state index >= 15 is 0 Å². The van der Waals surface area contributed by atoms with Crippen molar-refractivity contribution in [3.8, 4) is 0 Å². The third kappa shape index (κ3) is 2.45. The average Bonchev–Trinajstić information content (AvgIpc) is 2.47. The molecule has 3 aliphatic rings. The highest BCUT2D eigenvalue weighted by Gasteiger charge is 2.41. The summed E-state index contributed by atoms with van der Waals surface area (Å²) in [5.74, 6) is 2.60. The SMILES string of the molecule is NCC1(N2CCN3CCCCC3C2)CCCSC1. The van der Waals surface area contributed by atoms with Gasteiger partial charge < -0.3 is 5.73 Å². The van der Waals surface area contributed by atoms with Crippen molar-refractivity contribution in [2.24, 2.45) is 5.73 Å².